The summed E-state index contributed by atoms with van der Waals surface area (Å²) in [6, 6.07) is 1.11. The molecule has 1 rings (SSSR count). The van der Waals surface area contributed by atoms with Crippen LogP contribution >= 0.6 is 0 Å². The Hall–Kier alpha value is -1.95. The van der Waals surface area contributed by atoms with Gasteiger partial charge in [0.25, 0.3) is 0 Å². The number of hydrogen-bond donors (Lipinski definition) is 0. The number of anilines is 1. The van der Waals surface area contributed by atoms with Crippen molar-refractivity contribution in [1.82, 2.24) is 0 Å². The first-order valence-electron chi connectivity index (χ1n) is 3.22. The van der Waals surface area contributed by atoms with Gasteiger partial charge in [0.05, 0.1) is 0 Å². The van der Waals surface area contributed by atoms with E-state index in [1.165, 1.54) is 0 Å². The van der Waals surface area contributed by atoms with Gasteiger partial charge in [0, 0.05) is 9.70 Å². The fourth-order valence-corrected chi connectivity index (χ4v) is 0.742. The summed E-state index contributed by atoms with van der Waals surface area (Å²) < 4.78 is 50.2. The van der Waals surface area contributed by atoms with E-state index < -0.39 is 28.4 Å². The van der Waals surface area contributed by atoms with Crippen LogP contribution in [0.5, 0.6) is 0 Å². The molecule has 0 atom stereocenters. The largest absolute Gasteiger partial charge is 0.212 e. The van der Waals surface area contributed by atoms with Crippen molar-refractivity contribution in [2.45, 2.75) is 0 Å². The first-order valence-corrected chi connectivity index (χ1v) is 3.22. The molecule has 0 bridgehead atoms. The lowest BCUT2D eigenvalue weighted by atomic mass is 10.3. The molecular weight excluding hydrogens is 204 g/mol. The Balaban J connectivity index is 3.23. The zero-order valence-electron chi connectivity index (χ0n) is 6.46. The minimum absolute atomic E-state index is 0.507. The maximum absolute atomic E-state index is 12.8. The van der Waals surface area contributed by atoms with E-state index in [0.717, 1.165) is 0 Å². The molecule has 0 aliphatic heterocycles. The molecule has 0 fully saturated rings. The molecule has 0 aliphatic rings. The van der Waals surface area contributed by atoms with Gasteiger partial charge in [-0.1, -0.05) is 0 Å². The van der Waals surface area contributed by atoms with Crippen LogP contribution in [0.15, 0.2) is 17.4 Å². The number of rotatable bonds is 2. The van der Waals surface area contributed by atoms with Crippen LogP contribution < -0.4 is 5.23 Å². The fourth-order valence-electron chi connectivity index (χ4n) is 0.742. The van der Waals surface area contributed by atoms with Gasteiger partial charge in [-0.2, -0.15) is 9.30 Å². The van der Waals surface area contributed by atoms with Crippen LogP contribution in [0.2, 0.25) is 0 Å². The summed E-state index contributed by atoms with van der Waals surface area (Å²) in [5.74, 6) is -5.06. The second-order valence-electron chi connectivity index (χ2n) is 2.13. The maximum Gasteiger partial charge on any atom is 0.212 e. The fraction of sp³-hybridized carbons (Fsp3) is 0. The van der Waals surface area contributed by atoms with Crippen LogP contribution in [0.3, 0.4) is 0 Å². The highest BCUT2D eigenvalue weighted by Crippen LogP contribution is 2.23. The van der Waals surface area contributed by atoms with Crippen LogP contribution in [-0.4, -0.2) is 0 Å². The standard InChI is InChI=1S/C6H2F4N4/c7-3-1-2-4(6(9)5(3)8)14(10)13-12-11/h1-2H. The van der Waals surface area contributed by atoms with Crippen molar-refractivity contribution in [3.8, 4) is 0 Å². The Morgan fingerprint density at radius 1 is 1.21 bits per heavy atom. The molecule has 0 heterocycles. The quantitative estimate of drug-likeness (QED) is 0.139. The molecule has 0 unspecified atom stereocenters. The summed E-state index contributed by atoms with van der Waals surface area (Å²) in [6.07, 6.45) is 0. The topological polar surface area (TPSA) is 52.0 Å². The van der Waals surface area contributed by atoms with E-state index in [9.17, 15) is 17.7 Å². The van der Waals surface area contributed by atoms with Crippen LogP contribution in [0.25, 0.3) is 10.4 Å². The normalized spacial score (nSPS) is 9.43. The zero-order chi connectivity index (χ0) is 10.7. The number of hydrogen-bond acceptors (Lipinski definition) is 1. The van der Waals surface area contributed by atoms with E-state index in [1.54, 1.807) is 0 Å². The number of nitrogens with zero attached hydrogens (tertiary/aromatic N) is 4. The van der Waals surface area contributed by atoms with Crippen LogP contribution in [0, 0.1) is 17.5 Å². The minimum atomic E-state index is -1.83. The van der Waals surface area contributed by atoms with Gasteiger partial charge in [-0.15, -0.1) is 5.53 Å². The molecule has 14 heavy (non-hydrogen) atoms. The average molecular weight is 206 g/mol. The van der Waals surface area contributed by atoms with Gasteiger partial charge in [0.2, 0.25) is 11.5 Å². The van der Waals surface area contributed by atoms with Crippen molar-refractivity contribution < 1.29 is 17.7 Å². The third kappa shape index (κ3) is 1.69. The molecule has 0 N–H and O–H groups in total. The van der Waals surface area contributed by atoms with Gasteiger partial charge in [0.15, 0.2) is 11.6 Å². The number of benzene rings is 1. The van der Waals surface area contributed by atoms with Crippen molar-refractivity contribution in [2.24, 2.45) is 5.22 Å². The lowest BCUT2D eigenvalue weighted by Crippen LogP contribution is -2.05. The van der Waals surface area contributed by atoms with Gasteiger partial charge in [-0.3, -0.25) is 0 Å². The monoisotopic (exact) mass is 206 g/mol. The molecular formula is C6H2F4N4. The van der Waals surface area contributed by atoms with Crippen molar-refractivity contribution >= 4 is 5.69 Å². The summed E-state index contributed by atoms with van der Waals surface area (Å²) in [7, 11) is 0. The van der Waals surface area contributed by atoms with E-state index >= 15 is 0 Å². The second-order valence-corrected chi connectivity index (χ2v) is 2.13. The van der Waals surface area contributed by atoms with Crippen molar-refractivity contribution in [1.29, 1.82) is 0 Å². The van der Waals surface area contributed by atoms with Crippen molar-refractivity contribution in [3.05, 3.63) is 40.0 Å². The van der Waals surface area contributed by atoms with E-state index in [2.05, 4.69) is 5.22 Å². The molecule has 4 nitrogen and oxygen atoms in total. The van der Waals surface area contributed by atoms with Gasteiger partial charge in [-0.25, -0.2) is 8.78 Å². The Kier molecular flexibility index (Phi) is 2.78. The average Bonchev–Trinajstić information content (AvgIpc) is 2.15. The Labute approximate surface area is 74.9 Å². The van der Waals surface area contributed by atoms with E-state index in [0.29, 0.717) is 12.1 Å². The summed E-state index contributed by atoms with van der Waals surface area (Å²) in [5, 5.41) is 1.61. The zero-order valence-corrected chi connectivity index (χ0v) is 6.46. The summed E-state index contributed by atoms with van der Waals surface area (Å²) in [4.78, 5) is 2.00. The summed E-state index contributed by atoms with van der Waals surface area (Å²) in [5.41, 5.74) is 6.80. The summed E-state index contributed by atoms with van der Waals surface area (Å²) >= 11 is 0. The Bertz CT molecular complexity index is 401. The van der Waals surface area contributed by atoms with Crippen LogP contribution in [0.1, 0.15) is 0 Å². The van der Waals surface area contributed by atoms with E-state index in [1.807, 2.05) is 4.91 Å². The predicted octanol–water partition coefficient (Wildman–Crippen LogP) is 3.02. The minimum Gasteiger partial charge on any atom is -0.204 e. The third-order valence-electron chi connectivity index (χ3n) is 1.33. The Morgan fingerprint density at radius 3 is 2.43 bits per heavy atom. The molecule has 0 saturated carbocycles. The Morgan fingerprint density at radius 2 is 1.86 bits per heavy atom. The molecule has 0 aliphatic carbocycles. The van der Waals surface area contributed by atoms with Gasteiger partial charge in [-0.05, 0) is 17.4 Å². The van der Waals surface area contributed by atoms with Crippen molar-refractivity contribution in [2.75, 3.05) is 5.23 Å². The molecule has 8 heteroatoms. The highest BCUT2D eigenvalue weighted by atomic mass is 19.2. The summed E-state index contributed by atoms with van der Waals surface area (Å²) in [6.45, 7) is 0. The number of azide groups is 1. The third-order valence-corrected chi connectivity index (χ3v) is 1.33. The molecule has 0 spiro atoms. The lowest BCUT2D eigenvalue weighted by molar-refractivity contribution is 0.408. The van der Waals surface area contributed by atoms with Crippen LogP contribution in [-0.2, 0) is 0 Å². The number of halogens is 4. The molecule has 0 saturated heterocycles. The predicted molar refractivity (Wildman–Crippen MR) is 39.0 cm³/mol. The maximum atomic E-state index is 12.8. The molecule has 74 valence electrons. The first-order chi connectivity index (χ1) is 6.57. The van der Waals surface area contributed by atoms with E-state index in [4.69, 9.17) is 5.53 Å². The molecule has 1 aromatic carbocycles. The SMILES string of the molecule is [N-]=[N+]=NN(F)c1ccc(F)c(F)c1F. The second kappa shape index (κ2) is 3.84. The lowest BCUT2D eigenvalue weighted by Gasteiger charge is -2.02. The molecule has 0 aromatic heterocycles. The van der Waals surface area contributed by atoms with Gasteiger partial charge < -0.3 is 0 Å². The van der Waals surface area contributed by atoms with Crippen LogP contribution in [0.4, 0.5) is 23.3 Å². The molecule has 1 aromatic rings. The van der Waals surface area contributed by atoms with Crippen molar-refractivity contribution in [3.63, 3.8) is 0 Å². The smallest absolute Gasteiger partial charge is 0.204 e. The highest BCUT2D eigenvalue weighted by Gasteiger charge is 2.21. The van der Waals surface area contributed by atoms with Gasteiger partial charge in [0.1, 0.15) is 0 Å². The van der Waals surface area contributed by atoms with Gasteiger partial charge >= 0.3 is 0 Å². The molecule has 0 radical (unpaired) electrons. The first kappa shape index (κ1) is 10.1. The highest BCUT2D eigenvalue weighted by molar-refractivity contribution is 5.44. The van der Waals surface area contributed by atoms with E-state index in [-0.39, 0.29) is 0 Å². The molecule has 0 amide bonds.